The number of aryl methyl sites for hydroxylation is 3. The van der Waals surface area contributed by atoms with Gasteiger partial charge in [0.1, 0.15) is 0 Å². The van der Waals surface area contributed by atoms with Crippen molar-refractivity contribution in [3.05, 3.63) is 51.0 Å². The van der Waals surface area contributed by atoms with E-state index in [1.807, 2.05) is 0 Å². The zero-order chi connectivity index (χ0) is 14.0. The highest BCUT2D eigenvalue weighted by molar-refractivity contribution is 7.11. The minimum Gasteiger partial charge on any atom is -0.302 e. The second-order valence-corrected chi connectivity index (χ2v) is 6.61. The van der Waals surface area contributed by atoms with Gasteiger partial charge in [0.05, 0.1) is 10.7 Å². The van der Waals surface area contributed by atoms with Crippen molar-refractivity contribution < 1.29 is 0 Å². The lowest BCUT2D eigenvalue weighted by Crippen LogP contribution is -2.23. The van der Waals surface area contributed by atoms with E-state index < -0.39 is 0 Å². The largest absolute Gasteiger partial charge is 0.302 e. The van der Waals surface area contributed by atoms with Gasteiger partial charge in [-0.05, 0) is 40.2 Å². The van der Waals surface area contributed by atoms with Crippen LogP contribution in [0.4, 0.5) is 0 Å². The molecule has 19 heavy (non-hydrogen) atoms. The Morgan fingerprint density at radius 2 is 1.84 bits per heavy atom. The second-order valence-electron chi connectivity index (χ2n) is 5.20. The molecule has 2 atom stereocenters. The molecule has 0 aliphatic carbocycles. The molecule has 0 aliphatic heterocycles. The number of nitrogens with one attached hydrogen (secondary N) is 1. The highest BCUT2D eigenvalue weighted by atomic mass is 32.1. The number of benzene rings is 1. The maximum Gasteiger partial charge on any atom is 0.0900 e. The van der Waals surface area contributed by atoms with Crippen LogP contribution in [0.1, 0.15) is 52.6 Å². The van der Waals surface area contributed by atoms with Gasteiger partial charge >= 0.3 is 0 Å². The first-order chi connectivity index (χ1) is 8.97. The summed E-state index contributed by atoms with van der Waals surface area (Å²) in [5, 5.41) is 4.78. The van der Waals surface area contributed by atoms with Crippen molar-refractivity contribution in [3.63, 3.8) is 0 Å². The third-order valence-corrected chi connectivity index (χ3v) is 4.29. The first-order valence-corrected chi connectivity index (χ1v) is 7.55. The van der Waals surface area contributed by atoms with E-state index in [2.05, 4.69) is 69.2 Å². The third kappa shape index (κ3) is 3.43. The molecule has 2 nitrogen and oxygen atoms in total. The summed E-state index contributed by atoms with van der Waals surface area (Å²) in [5.41, 5.74) is 3.82. The zero-order valence-electron chi connectivity index (χ0n) is 12.3. The molecule has 0 amide bonds. The molecule has 2 aromatic rings. The molecule has 0 saturated carbocycles. The number of hydrogen-bond donors (Lipinski definition) is 1. The number of rotatable bonds is 4. The number of nitrogens with zero attached hydrogens (tertiary/aromatic N) is 1. The third-order valence-electron chi connectivity index (χ3n) is 3.39. The predicted octanol–water partition coefficient (Wildman–Crippen LogP) is 4.48. The van der Waals surface area contributed by atoms with Crippen LogP contribution in [-0.4, -0.2) is 4.98 Å². The molecule has 1 aromatic carbocycles. The number of aromatic nitrogens is 1. The van der Waals surface area contributed by atoms with Crippen LogP contribution in [0, 0.1) is 20.8 Å². The summed E-state index contributed by atoms with van der Waals surface area (Å²) in [6.07, 6.45) is 0. The molecule has 1 N–H and O–H groups in total. The van der Waals surface area contributed by atoms with Crippen LogP contribution in [-0.2, 0) is 0 Å². The van der Waals surface area contributed by atoms with Crippen molar-refractivity contribution in [1.29, 1.82) is 0 Å². The summed E-state index contributed by atoms with van der Waals surface area (Å²) in [5.74, 6) is 0. The molecule has 0 saturated heterocycles. The summed E-state index contributed by atoms with van der Waals surface area (Å²) >= 11 is 1.77. The Kier molecular flexibility index (Phi) is 4.38. The van der Waals surface area contributed by atoms with Crippen molar-refractivity contribution in [3.8, 4) is 0 Å². The van der Waals surface area contributed by atoms with Gasteiger partial charge < -0.3 is 5.32 Å². The lowest BCUT2D eigenvalue weighted by molar-refractivity contribution is 0.486. The number of hydrogen-bond acceptors (Lipinski definition) is 3. The van der Waals surface area contributed by atoms with E-state index in [9.17, 15) is 0 Å². The standard InChI is InChI=1S/C16H22N2S/c1-10-7-6-8-15(9-10)11(2)17-12(3)16-13(4)19-14(5)18-16/h6-9,11-12,17H,1-5H3/t11-,12?/m0/s1. The molecule has 1 heterocycles. The molecule has 3 heteroatoms. The van der Waals surface area contributed by atoms with E-state index in [0.717, 1.165) is 5.01 Å². The topological polar surface area (TPSA) is 24.9 Å². The molecular weight excluding hydrogens is 252 g/mol. The minimum absolute atomic E-state index is 0.278. The summed E-state index contributed by atoms with van der Waals surface area (Å²) in [7, 11) is 0. The van der Waals surface area contributed by atoms with E-state index in [-0.39, 0.29) is 6.04 Å². The smallest absolute Gasteiger partial charge is 0.0900 e. The van der Waals surface area contributed by atoms with Crippen molar-refractivity contribution >= 4 is 11.3 Å². The van der Waals surface area contributed by atoms with Gasteiger partial charge in [-0.1, -0.05) is 29.8 Å². The lowest BCUT2D eigenvalue weighted by atomic mass is 10.0. The molecular formula is C16H22N2S. The van der Waals surface area contributed by atoms with Gasteiger partial charge in [-0.2, -0.15) is 0 Å². The van der Waals surface area contributed by atoms with Gasteiger partial charge in [-0.15, -0.1) is 11.3 Å². The molecule has 0 aliphatic rings. The van der Waals surface area contributed by atoms with Crippen molar-refractivity contribution in [2.24, 2.45) is 0 Å². The average molecular weight is 274 g/mol. The van der Waals surface area contributed by atoms with Gasteiger partial charge in [-0.3, -0.25) is 0 Å². The molecule has 0 radical (unpaired) electrons. The molecule has 102 valence electrons. The Hall–Kier alpha value is -1.19. The van der Waals surface area contributed by atoms with E-state index >= 15 is 0 Å². The SMILES string of the molecule is Cc1cccc([C@H](C)NC(C)c2nc(C)sc2C)c1. The highest BCUT2D eigenvalue weighted by Gasteiger charge is 2.16. The molecule has 0 bridgehead atoms. The predicted molar refractivity (Wildman–Crippen MR) is 82.7 cm³/mol. The summed E-state index contributed by atoms with van der Waals surface area (Å²) in [4.78, 5) is 5.94. The van der Waals surface area contributed by atoms with Crippen molar-refractivity contribution in [2.45, 2.75) is 46.7 Å². The van der Waals surface area contributed by atoms with Crippen LogP contribution in [0.15, 0.2) is 24.3 Å². The Bertz CT molecular complexity index is 560. The molecule has 2 rings (SSSR count). The van der Waals surface area contributed by atoms with Crippen LogP contribution in [0.2, 0.25) is 0 Å². The monoisotopic (exact) mass is 274 g/mol. The Morgan fingerprint density at radius 3 is 2.42 bits per heavy atom. The fourth-order valence-electron chi connectivity index (χ4n) is 2.44. The van der Waals surface area contributed by atoms with Gasteiger partial charge in [0.15, 0.2) is 0 Å². The fraction of sp³-hybridized carbons (Fsp3) is 0.438. The Labute approximate surface area is 119 Å². The lowest BCUT2D eigenvalue weighted by Gasteiger charge is -2.20. The summed E-state index contributed by atoms with van der Waals surface area (Å²) < 4.78 is 0. The van der Waals surface area contributed by atoms with E-state index in [4.69, 9.17) is 0 Å². The Balaban J connectivity index is 2.10. The van der Waals surface area contributed by atoms with Gasteiger partial charge in [-0.25, -0.2) is 4.98 Å². The van der Waals surface area contributed by atoms with Crippen LogP contribution < -0.4 is 5.32 Å². The van der Waals surface area contributed by atoms with Crippen LogP contribution in [0.25, 0.3) is 0 Å². The van der Waals surface area contributed by atoms with Gasteiger partial charge in [0.25, 0.3) is 0 Å². The average Bonchev–Trinajstić information content (AvgIpc) is 2.68. The zero-order valence-corrected chi connectivity index (χ0v) is 13.1. The summed E-state index contributed by atoms with van der Waals surface area (Å²) in [6, 6.07) is 9.27. The van der Waals surface area contributed by atoms with Crippen molar-refractivity contribution in [2.75, 3.05) is 0 Å². The van der Waals surface area contributed by atoms with Crippen LogP contribution in [0.5, 0.6) is 0 Å². The van der Waals surface area contributed by atoms with E-state index in [1.54, 1.807) is 11.3 Å². The van der Waals surface area contributed by atoms with Crippen LogP contribution >= 0.6 is 11.3 Å². The van der Waals surface area contributed by atoms with Crippen molar-refractivity contribution in [1.82, 2.24) is 10.3 Å². The first-order valence-electron chi connectivity index (χ1n) is 6.74. The maximum absolute atomic E-state index is 4.63. The fourth-order valence-corrected chi connectivity index (χ4v) is 3.35. The first kappa shape index (κ1) is 14.2. The molecule has 1 unspecified atom stereocenters. The quantitative estimate of drug-likeness (QED) is 0.889. The van der Waals surface area contributed by atoms with Gasteiger partial charge in [0, 0.05) is 17.0 Å². The van der Waals surface area contributed by atoms with E-state index in [1.165, 1.54) is 21.7 Å². The molecule has 1 aromatic heterocycles. The maximum atomic E-state index is 4.63. The molecule has 0 spiro atoms. The molecule has 0 fully saturated rings. The van der Waals surface area contributed by atoms with E-state index in [0.29, 0.717) is 6.04 Å². The van der Waals surface area contributed by atoms with Crippen LogP contribution in [0.3, 0.4) is 0 Å². The second kappa shape index (κ2) is 5.85. The Morgan fingerprint density at radius 1 is 1.11 bits per heavy atom. The summed E-state index contributed by atoms with van der Waals surface area (Å²) in [6.45, 7) is 10.7. The highest BCUT2D eigenvalue weighted by Crippen LogP contribution is 2.25. The normalized spacial score (nSPS) is 14.4. The number of thiazole rings is 1. The van der Waals surface area contributed by atoms with Gasteiger partial charge in [0.2, 0.25) is 0 Å². The minimum atomic E-state index is 0.278.